The minimum atomic E-state index is -0.759. The molecule has 0 radical (unpaired) electrons. The zero-order valence-electron chi connectivity index (χ0n) is 8.69. The van der Waals surface area contributed by atoms with Gasteiger partial charge in [-0.2, -0.15) is 0 Å². The summed E-state index contributed by atoms with van der Waals surface area (Å²) < 4.78 is 4.55. The van der Waals surface area contributed by atoms with E-state index in [2.05, 4.69) is 4.74 Å². The molecule has 1 heterocycles. The molecule has 0 atom stereocenters. The lowest BCUT2D eigenvalue weighted by atomic mass is 10.0. The lowest BCUT2D eigenvalue weighted by molar-refractivity contribution is -0.135. The van der Waals surface area contributed by atoms with Crippen LogP contribution in [0.4, 0.5) is 0 Å². The molecule has 4 nitrogen and oxygen atoms in total. The number of esters is 1. The molecule has 2 rings (SSSR count). The van der Waals surface area contributed by atoms with Crippen molar-refractivity contribution in [3.05, 3.63) is 41.0 Å². The fourth-order valence-corrected chi connectivity index (χ4v) is 1.59. The van der Waals surface area contributed by atoms with Gasteiger partial charge in [-0.1, -0.05) is 24.3 Å². The first-order valence-corrected chi connectivity index (χ1v) is 4.81. The largest absolute Gasteiger partial charge is 0.506 e. The maximum absolute atomic E-state index is 11.3. The van der Waals surface area contributed by atoms with Crippen LogP contribution in [-0.4, -0.2) is 23.5 Å². The summed E-state index contributed by atoms with van der Waals surface area (Å²) in [4.78, 5) is 22.6. The Balaban J connectivity index is 2.57. The number of carbonyl (C=O) groups excluding carboxylic acids is 2. The average Bonchev–Trinajstić information content (AvgIpc) is 2.58. The number of hydrogen-bond acceptors (Lipinski definition) is 4. The van der Waals surface area contributed by atoms with Gasteiger partial charge in [0.2, 0.25) is 5.78 Å². The lowest BCUT2D eigenvalue weighted by Gasteiger charge is -2.05. The van der Waals surface area contributed by atoms with Gasteiger partial charge in [-0.3, -0.25) is 4.79 Å². The number of benzene rings is 1. The molecule has 1 saturated heterocycles. The molecule has 1 fully saturated rings. The Labute approximate surface area is 92.2 Å². The third-order valence-corrected chi connectivity index (χ3v) is 2.45. The van der Waals surface area contributed by atoms with Crippen molar-refractivity contribution in [1.82, 2.24) is 0 Å². The second-order valence-electron chi connectivity index (χ2n) is 3.54. The molecule has 1 aliphatic heterocycles. The molecule has 0 spiro atoms. The van der Waals surface area contributed by atoms with Gasteiger partial charge in [-0.15, -0.1) is 0 Å². The SMILES string of the molecule is Cc1ccccc1/C(O)=C1\C(=O)COC1=O. The fourth-order valence-electron chi connectivity index (χ4n) is 1.59. The Morgan fingerprint density at radius 2 is 2.00 bits per heavy atom. The summed E-state index contributed by atoms with van der Waals surface area (Å²) in [5.41, 5.74) is 1.01. The quantitative estimate of drug-likeness (QED) is 0.335. The van der Waals surface area contributed by atoms with Crippen LogP contribution in [0.15, 0.2) is 29.8 Å². The molecule has 0 bridgehead atoms. The zero-order chi connectivity index (χ0) is 11.7. The van der Waals surface area contributed by atoms with E-state index in [4.69, 9.17) is 0 Å². The smallest absolute Gasteiger partial charge is 0.346 e. The molecule has 0 aliphatic carbocycles. The molecule has 1 aromatic rings. The lowest BCUT2D eigenvalue weighted by Crippen LogP contribution is -2.05. The molecule has 0 amide bonds. The summed E-state index contributed by atoms with van der Waals surface area (Å²) in [5, 5.41) is 9.90. The molecule has 16 heavy (non-hydrogen) atoms. The number of ketones is 1. The second kappa shape index (κ2) is 3.81. The third-order valence-electron chi connectivity index (χ3n) is 2.45. The highest BCUT2D eigenvalue weighted by molar-refractivity contribution is 6.25. The Hall–Kier alpha value is -2.10. The number of aliphatic hydroxyl groups excluding tert-OH is 1. The summed E-state index contributed by atoms with van der Waals surface area (Å²) in [6.45, 7) is 1.50. The average molecular weight is 218 g/mol. The predicted molar refractivity (Wildman–Crippen MR) is 56.7 cm³/mol. The van der Waals surface area contributed by atoms with Crippen LogP contribution >= 0.6 is 0 Å². The highest BCUT2D eigenvalue weighted by Gasteiger charge is 2.32. The monoisotopic (exact) mass is 218 g/mol. The minimum Gasteiger partial charge on any atom is -0.506 e. The van der Waals surface area contributed by atoms with Gasteiger partial charge in [0.05, 0.1) is 0 Å². The van der Waals surface area contributed by atoms with Crippen molar-refractivity contribution in [2.45, 2.75) is 6.92 Å². The van der Waals surface area contributed by atoms with Gasteiger partial charge in [0.25, 0.3) is 0 Å². The number of ether oxygens (including phenoxy) is 1. The first-order valence-electron chi connectivity index (χ1n) is 4.81. The Morgan fingerprint density at radius 3 is 2.56 bits per heavy atom. The first-order chi connectivity index (χ1) is 7.61. The van der Waals surface area contributed by atoms with Crippen molar-refractivity contribution in [2.24, 2.45) is 0 Å². The topological polar surface area (TPSA) is 63.6 Å². The highest BCUT2D eigenvalue weighted by atomic mass is 16.5. The number of Topliss-reactive ketones (excluding diaryl/α,β-unsaturated/α-hetero) is 1. The molecule has 1 aromatic carbocycles. The molecular formula is C12H10O4. The molecule has 4 heteroatoms. The predicted octanol–water partition coefficient (Wildman–Crippen LogP) is 1.39. The van der Waals surface area contributed by atoms with Crippen LogP contribution in [0.25, 0.3) is 5.76 Å². The van der Waals surface area contributed by atoms with Gasteiger partial charge in [-0.25, -0.2) is 4.79 Å². The summed E-state index contributed by atoms with van der Waals surface area (Å²) in [7, 11) is 0. The van der Waals surface area contributed by atoms with Crippen LogP contribution < -0.4 is 0 Å². The summed E-state index contributed by atoms with van der Waals surface area (Å²) in [6.07, 6.45) is 0. The van der Waals surface area contributed by atoms with Crippen molar-refractivity contribution in [3.63, 3.8) is 0 Å². The molecule has 0 saturated carbocycles. The molecule has 1 aliphatic rings. The van der Waals surface area contributed by atoms with Crippen LogP contribution in [0.3, 0.4) is 0 Å². The van der Waals surface area contributed by atoms with Gasteiger partial charge >= 0.3 is 5.97 Å². The number of hydrogen-bond donors (Lipinski definition) is 1. The standard InChI is InChI=1S/C12H10O4/c1-7-4-2-3-5-8(7)11(14)10-9(13)6-16-12(10)15/h2-5,14H,6H2,1H3/b11-10-. The van der Waals surface area contributed by atoms with E-state index in [1.165, 1.54) is 0 Å². The second-order valence-corrected chi connectivity index (χ2v) is 3.54. The fraction of sp³-hybridized carbons (Fsp3) is 0.167. The highest BCUT2D eigenvalue weighted by Crippen LogP contribution is 2.23. The zero-order valence-corrected chi connectivity index (χ0v) is 8.69. The summed E-state index contributed by atoms with van der Waals surface area (Å²) in [5.74, 6) is -1.54. The van der Waals surface area contributed by atoms with E-state index in [9.17, 15) is 14.7 Å². The van der Waals surface area contributed by atoms with Crippen LogP contribution in [0.2, 0.25) is 0 Å². The Bertz CT molecular complexity index is 481. The van der Waals surface area contributed by atoms with Gasteiger partial charge in [0, 0.05) is 5.56 Å². The molecule has 0 unspecified atom stereocenters. The number of aliphatic hydroxyl groups is 1. The van der Waals surface area contributed by atoms with E-state index in [0.717, 1.165) is 5.56 Å². The van der Waals surface area contributed by atoms with Crippen molar-refractivity contribution in [3.8, 4) is 0 Å². The summed E-state index contributed by atoms with van der Waals surface area (Å²) >= 11 is 0. The first kappa shape index (κ1) is 10.4. The Kier molecular flexibility index (Phi) is 2.48. The molecular weight excluding hydrogens is 208 g/mol. The number of cyclic esters (lactones) is 1. The van der Waals surface area contributed by atoms with Crippen molar-refractivity contribution in [1.29, 1.82) is 0 Å². The van der Waals surface area contributed by atoms with Crippen LogP contribution in [0, 0.1) is 6.92 Å². The number of rotatable bonds is 1. The molecule has 1 N–H and O–H groups in total. The van der Waals surface area contributed by atoms with Crippen LogP contribution in [0.1, 0.15) is 11.1 Å². The summed E-state index contributed by atoms with van der Waals surface area (Å²) in [6, 6.07) is 6.98. The van der Waals surface area contributed by atoms with E-state index in [-0.39, 0.29) is 17.9 Å². The van der Waals surface area contributed by atoms with Crippen LogP contribution in [-0.2, 0) is 14.3 Å². The maximum atomic E-state index is 11.3. The maximum Gasteiger partial charge on any atom is 0.346 e. The van der Waals surface area contributed by atoms with Gasteiger partial charge < -0.3 is 9.84 Å². The van der Waals surface area contributed by atoms with E-state index in [0.29, 0.717) is 5.56 Å². The van der Waals surface area contributed by atoms with Gasteiger partial charge in [-0.05, 0) is 12.5 Å². The molecule has 82 valence electrons. The van der Waals surface area contributed by atoms with Gasteiger partial charge in [0.1, 0.15) is 11.3 Å². The third kappa shape index (κ3) is 1.58. The van der Waals surface area contributed by atoms with Crippen LogP contribution in [0.5, 0.6) is 0 Å². The Morgan fingerprint density at radius 1 is 1.31 bits per heavy atom. The normalized spacial score (nSPS) is 18.6. The van der Waals surface area contributed by atoms with Crippen molar-refractivity contribution < 1.29 is 19.4 Å². The van der Waals surface area contributed by atoms with E-state index >= 15 is 0 Å². The van der Waals surface area contributed by atoms with Crippen molar-refractivity contribution in [2.75, 3.05) is 6.61 Å². The van der Waals surface area contributed by atoms with Crippen molar-refractivity contribution >= 4 is 17.5 Å². The van der Waals surface area contributed by atoms with E-state index < -0.39 is 11.8 Å². The van der Waals surface area contributed by atoms with E-state index in [1.807, 2.05) is 6.07 Å². The minimum absolute atomic E-state index is 0.255. The van der Waals surface area contributed by atoms with E-state index in [1.54, 1.807) is 25.1 Å². The number of aryl methyl sites for hydroxylation is 1. The van der Waals surface area contributed by atoms with Gasteiger partial charge in [0.15, 0.2) is 6.61 Å². The number of carbonyl (C=O) groups is 2. The molecule has 0 aromatic heterocycles.